The minimum absolute atomic E-state index is 0.313. The molecule has 1 aliphatic heterocycles. The zero-order chi connectivity index (χ0) is 13.0. The SMILES string of the molecule is O=C1Nc2cc(N(CC3CC3)C3CC3)ccc2C1O. The Bertz CT molecular complexity index is 535. The van der Waals surface area contributed by atoms with Gasteiger partial charge >= 0.3 is 0 Å². The zero-order valence-electron chi connectivity index (χ0n) is 10.8. The molecule has 2 aliphatic carbocycles. The van der Waals surface area contributed by atoms with Crippen molar-refractivity contribution >= 4 is 17.3 Å². The summed E-state index contributed by atoms with van der Waals surface area (Å²) < 4.78 is 0. The summed E-state index contributed by atoms with van der Waals surface area (Å²) in [5.41, 5.74) is 2.66. The van der Waals surface area contributed by atoms with E-state index in [9.17, 15) is 9.90 Å². The summed E-state index contributed by atoms with van der Waals surface area (Å²) in [6, 6.07) is 6.63. The van der Waals surface area contributed by atoms with E-state index in [1.165, 1.54) is 31.4 Å². The number of carbonyl (C=O) groups excluding carboxylic acids is 1. The van der Waals surface area contributed by atoms with Crippen molar-refractivity contribution in [2.24, 2.45) is 5.92 Å². The normalized spacial score (nSPS) is 25.1. The number of amides is 1. The van der Waals surface area contributed by atoms with Crippen molar-refractivity contribution < 1.29 is 9.90 Å². The van der Waals surface area contributed by atoms with Crippen LogP contribution in [0, 0.1) is 5.92 Å². The smallest absolute Gasteiger partial charge is 0.257 e. The van der Waals surface area contributed by atoms with E-state index < -0.39 is 6.10 Å². The molecule has 3 aliphatic rings. The van der Waals surface area contributed by atoms with Gasteiger partial charge in [0.25, 0.3) is 5.91 Å². The molecule has 0 radical (unpaired) electrons. The Morgan fingerprint density at radius 1 is 1.26 bits per heavy atom. The van der Waals surface area contributed by atoms with Crippen LogP contribution in [0.4, 0.5) is 11.4 Å². The van der Waals surface area contributed by atoms with Gasteiger partial charge < -0.3 is 15.3 Å². The number of nitrogens with one attached hydrogen (secondary N) is 1. The van der Waals surface area contributed by atoms with Crippen molar-refractivity contribution in [2.45, 2.75) is 37.8 Å². The number of fused-ring (bicyclic) bond motifs is 1. The average Bonchev–Trinajstić information content (AvgIpc) is 3.28. The molecule has 19 heavy (non-hydrogen) atoms. The molecule has 100 valence electrons. The lowest BCUT2D eigenvalue weighted by atomic mass is 10.1. The second-order valence-electron chi connectivity index (χ2n) is 5.99. The maximum absolute atomic E-state index is 11.5. The largest absolute Gasteiger partial charge is 0.378 e. The Balaban J connectivity index is 1.63. The second-order valence-corrected chi connectivity index (χ2v) is 5.99. The van der Waals surface area contributed by atoms with Gasteiger partial charge in [-0.2, -0.15) is 0 Å². The van der Waals surface area contributed by atoms with Crippen LogP contribution in [0.2, 0.25) is 0 Å². The minimum atomic E-state index is -0.998. The molecule has 4 nitrogen and oxygen atoms in total. The number of anilines is 2. The molecule has 0 saturated heterocycles. The van der Waals surface area contributed by atoms with E-state index in [2.05, 4.69) is 10.2 Å². The maximum Gasteiger partial charge on any atom is 0.257 e. The van der Waals surface area contributed by atoms with E-state index in [0.29, 0.717) is 11.6 Å². The first-order valence-corrected chi connectivity index (χ1v) is 7.12. The molecule has 2 fully saturated rings. The molecule has 4 rings (SSSR count). The highest BCUT2D eigenvalue weighted by molar-refractivity contribution is 6.02. The van der Waals surface area contributed by atoms with Crippen LogP contribution in [-0.4, -0.2) is 23.6 Å². The van der Waals surface area contributed by atoms with Gasteiger partial charge in [-0.15, -0.1) is 0 Å². The number of aliphatic hydroxyl groups excluding tert-OH is 1. The van der Waals surface area contributed by atoms with Gasteiger partial charge in [0, 0.05) is 29.5 Å². The molecule has 2 N–H and O–H groups in total. The van der Waals surface area contributed by atoms with Gasteiger partial charge in [0.15, 0.2) is 6.10 Å². The fraction of sp³-hybridized carbons (Fsp3) is 0.533. The van der Waals surface area contributed by atoms with E-state index >= 15 is 0 Å². The van der Waals surface area contributed by atoms with Crippen molar-refractivity contribution in [1.29, 1.82) is 0 Å². The molecule has 4 heteroatoms. The van der Waals surface area contributed by atoms with Crippen LogP contribution in [0.3, 0.4) is 0 Å². The van der Waals surface area contributed by atoms with Crippen LogP contribution in [0.15, 0.2) is 18.2 Å². The Morgan fingerprint density at radius 3 is 2.74 bits per heavy atom. The molecular formula is C15H18N2O2. The number of carbonyl (C=O) groups is 1. The first-order valence-electron chi connectivity index (χ1n) is 7.12. The van der Waals surface area contributed by atoms with Crippen LogP contribution >= 0.6 is 0 Å². The summed E-state index contributed by atoms with van der Waals surface area (Å²) in [6.45, 7) is 1.14. The van der Waals surface area contributed by atoms with Crippen LogP contribution in [0.1, 0.15) is 37.4 Å². The molecule has 0 spiro atoms. The average molecular weight is 258 g/mol. The number of aliphatic hydroxyl groups is 1. The summed E-state index contributed by atoms with van der Waals surface area (Å²) in [6.07, 6.45) is 4.26. The minimum Gasteiger partial charge on any atom is -0.378 e. The van der Waals surface area contributed by atoms with Crippen LogP contribution < -0.4 is 10.2 Å². The van der Waals surface area contributed by atoms with Crippen molar-refractivity contribution in [3.05, 3.63) is 23.8 Å². The molecule has 2 saturated carbocycles. The van der Waals surface area contributed by atoms with Gasteiger partial charge in [0.05, 0.1) is 0 Å². The lowest BCUT2D eigenvalue weighted by molar-refractivity contribution is -0.123. The molecule has 1 amide bonds. The third-order valence-electron chi connectivity index (χ3n) is 4.31. The van der Waals surface area contributed by atoms with Crippen molar-refractivity contribution in [3.63, 3.8) is 0 Å². The Labute approximate surface area is 112 Å². The molecule has 0 bridgehead atoms. The van der Waals surface area contributed by atoms with Gasteiger partial charge in [-0.1, -0.05) is 6.07 Å². The molecule has 1 heterocycles. The topological polar surface area (TPSA) is 52.6 Å². The van der Waals surface area contributed by atoms with Gasteiger partial charge in [0.1, 0.15) is 0 Å². The van der Waals surface area contributed by atoms with E-state index in [1.807, 2.05) is 18.2 Å². The van der Waals surface area contributed by atoms with Crippen LogP contribution in [-0.2, 0) is 4.79 Å². The monoisotopic (exact) mass is 258 g/mol. The maximum atomic E-state index is 11.5. The first-order chi connectivity index (χ1) is 9.22. The third kappa shape index (κ3) is 2.00. The van der Waals surface area contributed by atoms with Crippen LogP contribution in [0.5, 0.6) is 0 Å². The van der Waals surface area contributed by atoms with Gasteiger partial charge in [-0.25, -0.2) is 0 Å². The van der Waals surface area contributed by atoms with Crippen molar-refractivity contribution in [1.82, 2.24) is 0 Å². The second kappa shape index (κ2) is 3.97. The summed E-state index contributed by atoms with van der Waals surface area (Å²) in [5, 5.41) is 12.5. The lowest BCUT2D eigenvalue weighted by Crippen LogP contribution is -2.27. The Hall–Kier alpha value is -1.55. The molecular weight excluding hydrogens is 240 g/mol. The highest BCUT2D eigenvalue weighted by Gasteiger charge is 2.35. The molecule has 1 unspecified atom stereocenters. The van der Waals surface area contributed by atoms with E-state index in [0.717, 1.165) is 18.2 Å². The number of hydrogen-bond donors (Lipinski definition) is 2. The van der Waals surface area contributed by atoms with E-state index in [1.54, 1.807) is 0 Å². The molecule has 1 aromatic rings. The Kier molecular flexibility index (Phi) is 2.36. The summed E-state index contributed by atoms with van der Waals surface area (Å²) in [5.74, 6) is 0.543. The lowest BCUT2D eigenvalue weighted by Gasteiger charge is -2.25. The predicted octanol–water partition coefficient (Wildman–Crippen LogP) is 2.05. The van der Waals surface area contributed by atoms with Crippen LogP contribution in [0.25, 0.3) is 0 Å². The number of rotatable bonds is 4. The number of nitrogens with zero attached hydrogens (tertiary/aromatic N) is 1. The third-order valence-corrected chi connectivity index (χ3v) is 4.31. The van der Waals surface area contributed by atoms with Crippen molar-refractivity contribution in [2.75, 3.05) is 16.8 Å². The summed E-state index contributed by atoms with van der Waals surface area (Å²) in [7, 11) is 0. The van der Waals surface area contributed by atoms with Crippen molar-refractivity contribution in [3.8, 4) is 0 Å². The fourth-order valence-corrected chi connectivity index (χ4v) is 2.84. The molecule has 0 aromatic heterocycles. The first kappa shape index (κ1) is 11.3. The standard InChI is InChI=1S/C15H18N2O2/c18-14-12-6-5-11(7-13(12)16-15(14)19)17(10-3-4-10)8-9-1-2-9/h5-7,9-10,14,18H,1-4,8H2,(H,16,19). The van der Waals surface area contributed by atoms with Gasteiger partial charge in [-0.3, -0.25) is 4.79 Å². The zero-order valence-corrected chi connectivity index (χ0v) is 10.8. The number of hydrogen-bond acceptors (Lipinski definition) is 3. The van der Waals surface area contributed by atoms with Gasteiger partial charge in [0.2, 0.25) is 0 Å². The van der Waals surface area contributed by atoms with Gasteiger partial charge in [-0.05, 0) is 43.7 Å². The predicted molar refractivity (Wildman–Crippen MR) is 73.1 cm³/mol. The highest BCUT2D eigenvalue weighted by atomic mass is 16.3. The fourth-order valence-electron chi connectivity index (χ4n) is 2.84. The summed E-state index contributed by atoms with van der Waals surface area (Å²) in [4.78, 5) is 14.0. The number of benzene rings is 1. The molecule has 1 atom stereocenters. The van der Waals surface area contributed by atoms with E-state index in [-0.39, 0.29) is 5.91 Å². The molecule has 1 aromatic carbocycles. The quantitative estimate of drug-likeness (QED) is 0.869. The van der Waals surface area contributed by atoms with E-state index in [4.69, 9.17) is 0 Å². The summed E-state index contributed by atoms with van der Waals surface area (Å²) >= 11 is 0. The Morgan fingerprint density at radius 2 is 2.05 bits per heavy atom. The highest BCUT2D eigenvalue weighted by Crippen LogP contribution is 2.40.